The van der Waals surface area contributed by atoms with Gasteiger partial charge in [-0.1, -0.05) is 6.92 Å². The number of anilines is 1. The minimum atomic E-state index is 0.602. The Balaban J connectivity index is 2.48. The van der Waals surface area contributed by atoms with Crippen LogP contribution in [-0.4, -0.2) is 10.1 Å². The standard InChI is InChI=1S/C9H9N3S3/c1-2-3-13-8-6-7(11)5(4-10)14-9(6)15-12-8/h2-3,11H2,1H3. The molecule has 2 aromatic heterocycles. The molecule has 2 heterocycles. The van der Waals surface area contributed by atoms with Crippen LogP contribution in [0.25, 0.3) is 9.40 Å². The van der Waals surface area contributed by atoms with Crippen LogP contribution in [-0.2, 0) is 0 Å². The average molecular weight is 255 g/mol. The van der Waals surface area contributed by atoms with Gasteiger partial charge >= 0.3 is 0 Å². The molecular weight excluding hydrogens is 246 g/mol. The molecule has 0 spiro atoms. The van der Waals surface area contributed by atoms with Crippen LogP contribution in [0.15, 0.2) is 5.03 Å². The molecule has 2 N–H and O–H groups in total. The van der Waals surface area contributed by atoms with Gasteiger partial charge in [-0.2, -0.15) is 9.64 Å². The first-order chi connectivity index (χ1) is 7.27. The summed E-state index contributed by atoms with van der Waals surface area (Å²) in [5.41, 5.74) is 6.51. The van der Waals surface area contributed by atoms with Gasteiger partial charge < -0.3 is 5.73 Å². The van der Waals surface area contributed by atoms with E-state index in [4.69, 9.17) is 11.0 Å². The Morgan fingerprint density at radius 3 is 3.07 bits per heavy atom. The van der Waals surface area contributed by atoms with Gasteiger partial charge in [0, 0.05) is 0 Å². The lowest BCUT2D eigenvalue weighted by molar-refractivity contribution is 1.10. The summed E-state index contributed by atoms with van der Waals surface area (Å²) in [6.45, 7) is 2.13. The maximum Gasteiger partial charge on any atom is 0.129 e. The Morgan fingerprint density at radius 2 is 2.40 bits per heavy atom. The largest absolute Gasteiger partial charge is 0.396 e. The number of fused-ring (bicyclic) bond motifs is 1. The third-order valence-corrected chi connectivity index (χ3v) is 5.20. The summed E-state index contributed by atoms with van der Waals surface area (Å²) in [7, 11) is 0. The van der Waals surface area contributed by atoms with E-state index in [1.54, 1.807) is 11.8 Å². The zero-order chi connectivity index (χ0) is 10.8. The number of thioether (sulfide) groups is 1. The van der Waals surface area contributed by atoms with Crippen molar-refractivity contribution in [3.8, 4) is 6.07 Å². The predicted molar refractivity (Wildman–Crippen MR) is 67.6 cm³/mol. The van der Waals surface area contributed by atoms with E-state index in [-0.39, 0.29) is 0 Å². The van der Waals surface area contributed by atoms with Gasteiger partial charge in [-0.15, -0.1) is 23.1 Å². The van der Waals surface area contributed by atoms with Crippen molar-refractivity contribution in [3.05, 3.63) is 4.88 Å². The normalized spacial score (nSPS) is 10.7. The van der Waals surface area contributed by atoms with Crippen molar-refractivity contribution in [3.63, 3.8) is 0 Å². The van der Waals surface area contributed by atoms with Gasteiger partial charge in [0.25, 0.3) is 0 Å². The molecule has 3 nitrogen and oxygen atoms in total. The molecule has 0 unspecified atom stereocenters. The molecule has 0 aliphatic carbocycles. The highest BCUT2D eigenvalue weighted by atomic mass is 32.2. The van der Waals surface area contributed by atoms with Gasteiger partial charge in [-0.05, 0) is 23.7 Å². The maximum atomic E-state index is 8.86. The molecule has 0 aliphatic rings. The summed E-state index contributed by atoms with van der Waals surface area (Å²) >= 11 is 4.58. The highest BCUT2D eigenvalue weighted by Crippen LogP contribution is 2.41. The van der Waals surface area contributed by atoms with E-state index < -0.39 is 0 Å². The molecule has 0 bridgehead atoms. The minimum absolute atomic E-state index is 0.602. The predicted octanol–water partition coefficient (Wildman–Crippen LogP) is 3.31. The molecule has 6 heteroatoms. The summed E-state index contributed by atoms with van der Waals surface area (Å²) < 4.78 is 5.41. The van der Waals surface area contributed by atoms with Crippen molar-refractivity contribution >= 4 is 49.7 Å². The second kappa shape index (κ2) is 4.39. The topological polar surface area (TPSA) is 62.7 Å². The van der Waals surface area contributed by atoms with Crippen LogP contribution in [0.1, 0.15) is 18.2 Å². The van der Waals surface area contributed by atoms with Crippen LogP contribution in [0.4, 0.5) is 5.69 Å². The first-order valence-electron chi connectivity index (χ1n) is 4.48. The second-order valence-electron chi connectivity index (χ2n) is 2.96. The fourth-order valence-corrected chi connectivity index (χ4v) is 4.22. The average Bonchev–Trinajstić information content (AvgIpc) is 2.77. The number of aromatic nitrogens is 1. The minimum Gasteiger partial charge on any atom is -0.396 e. The third kappa shape index (κ3) is 1.83. The molecule has 0 aliphatic heterocycles. The smallest absolute Gasteiger partial charge is 0.129 e. The first-order valence-corrected chi connectivity index (χ1v) is 7.06. The quantitative estimate of drug-likeness (QED) is 0.855. The van der Waals surface area contributed by atoms with Crippen molar-refractivity contribution < 1.29 is 0 Å². The summed E-state index contributed by atoms with van der Waals surface area (Å²) in [5, 5.41) is 10.8. The van der Waals surface area contributed by atoms with Crippen LogP contribution in [0.2, 0.25) is 0 Å². The van der Waals surface area contributed by atoms with E-state index in [0.717, 1.165) is 26.6 Å². The van der Waals surface area contributed by atoms with Gasteiger partial charge in [0.2, 0.25) is 0 Å². The number of nitrogens with two attached hydrogens (primary N) is 1. The highest BCUT2D eigenvalue weighted by Gasteiger charge is 2.16. The summed E-state index contributed by atoms with van der Waals surface area (Å²) in [4.78, 5) is 0.608. The van der Waals surface area contributed by atoms with E-state index in [2.05, 4.69) is 17.4 Å². The number of nitriles is 1. The van der Waals surface area contributed by atoms with Gasteiger partial charge in [0.05, 0.1) is 11.1 Å². The number of hydrogen-bond acceptors (Lipinski definition) is 6. The van der Waals surface area contributed by atoms with Crippen LogP contribution in [0.5, 0.6) is 0 Å². The lowest BCUT2D eigenvalue weighted by Gasteiger charge is -1.94. The Labute approximate surface area is 100 Å². The van der Waals surface area contributed by atoms with Crippen molar-refractivity contribution in [1.29, 1.82) is 5.26 Å². The number of thiophene rings is 1. The fourth-order valence-electron chi connectivity index (χ4n) is 1.20. The van der Waals surface area contributed by atoms with Gasteiger partial charge in [-0.3, -0.25) is 0 Å². The number of rotatable bonds is 3. The Hall–Kier alpha value is -0.770. The molecule has 0 radical (unpaired) electrons. The van der Waals surface area contributed by atoms with Crippen molar-refractivity contribution in [2.24, 2.45) is 0 Å². The van der Waals surface area contributed by atoms with Gasteiger partial charge in [0.15, 0.2) is 0 Å². The number of hydrogen-bond donors (Lipinski definition) is 1. The van der Waals surface area contributed by atoms with E-state index in [1.807, 2.05) is 0 Å². The Bertz CT molecular complexity index is 520. The lowest BCUT2D eigenvalue weighted by atomic mass is 10.3. The Kier molecular flexibility index (Phi) is 3.14. The summed E-state index contributed by atoms with van der Waals surface area (Å²) in [5.74, 6) is 1.04. The van der Waals surface area contributed by atoms with Crippen molar-refractivity contribution in [2.45, 2.75) is 18.4 Å². The van der Waals surface area contributed by atoms with Crippen LogP contribution >= 0.6 is 34.6 Å². The van der Waals surface area contributed by atoms with Crippen LogP contribution in [0.3, 0.4) is 0 Å². The zero-order valence-electron chi connectivity index (χ0n) is 8.11. The first kappa shape index (κ1) is 10.7. The van der Waals surface area contributed by atoms with Gasteiger partial charge in [-0.25, -0.2) is 0 Å². The van der Waals surface area contributed by atoms with E-state index in [0.29, 0.717) is 10.6 Å². The molecule has 0 saturated carbocycles. The molecule has 2 rings (SSSR count). The Morgan fingerprint density at radius 1 is 1.60 bits per heavy atom. The SMILES string of the molecule is CCCSc1nsc2sc(C#N)c(N)c12. The molecule has 0 saturated heterocycles. The molecule has 2 aromatic rings. The third-order valence-electron chi connectivity index (χ3n) is 1.88. The number of nitrogen functional groups attached to an aromatic ring is 1. The monoisotopic (exact) mass is 255 g/mol. The molecule has 78 valence electrons. The highest BCUT2D eigenvalue weighted by molar-refractivity contribution is 7.99. The molecule has 0 amide bonds. The summed E-state index contributed by atoms with van der Waals surface area (Å²) in [6.07, 6.45) is 1.11. The molecule has 0 aromatic carbocycles. The number of nitrogens with zero attached hydrogens (tertiary/aromatic N) is 2. The van der Waals surface area contributed by atoms with Crippen molar-refractivity contribution in [2.75, 3.05) is 11.5 Å². The van der Waals surface area contributed by atoms with E-state index in [9.17, 15) is 0 Å². The molecule has 15 heavy (non-hydrogen) atoms. The molecular formula is C9H9N3S3. The van der Waals surface area contributed by atoms with Crippen LogP contribution < -0.4 is 5.73 Å². The maximum absolute atomic E-state index is 8.86. The van der Waals surface area contributed by atoms with E-state index >= 15 is 0 Å². The van der Waals surface area contributed by atoms with Gasteiger partial charge in [0.1, 0.15) is 20.0 Å². The van der Waals surface area contributed by atoms with E-state index in [1.165, 1.54) is 22.9 Å². The fraction of sp³-hybridized carbons (Fsp3) is 0.333. The van der Waals surface area contributed by atoms with Crippen molar-refractivity contribution in [1.82, 2.24) is 4.37 Å². The molecule has 0 atom stereocenters. The van der Waals surface area contributed by atoms with Crippen LogP contribution in [0, 0.1) is 11.3 Å². The zero-order valence-corrected chi connectivity index (χ0v) is 10.6. The lowest BCUT2D eigenvalue weighted by Crippen LogP contribution is -1.86. The summed E-state index contributed by atoms with van der Waals surface area (Å²) in [6, 6.07) is 2.12. The second-order valence-corrected chi connectivity index (χ2v) is 6.09. The molecule has 0 fully saturated rings.